The Balaban J connectivity index is 1.85. The zero-order chi connectivity index (χ0) is 25.8. The van der Waals surface area contributed by atoms with Gasteiger partial charge in [0.2, 0.25) is 0 Å². The largest absolute Gasteiger partial charge is 0.325 e. The van der Waals surface area contributed by atoms with Crippen LogP contribution in [0.1, 0.15) is 69.2 Å². The van der Waals surface area contributed by atoms with Crippen LogP contribution in [0.4, 0.5) is 0 Å². The number of aryl methyl sites for hydroxylation is 2. The Morgan fingerprint density at radius 1 is 0.806 bits per heavy atom. The summed E-state index contributed by atoms with van der Waals surface area (Å²) in [5.41, 5.74) is 8.20. The van der Waals surface area contributed by atoms with Gasteiger partial charge in [0.05, 0.1) is 17.5 Å². The van der Waals surface area contributed by atoms with Crippen LogP contribution >= 0.6 is 7.60 Å². The van der Waals surface area contributed by atoms with E-state index in [0.717, 1.165) is 41.8 Å². The molecule has 1 aromatic heterocycles. The van der Waals surface area contributed by atoms with E-state index < -0.39 is 7.60 Å². The second-order valence-electron chi connectivity index (χ2n) is 9.53. The predicted octanol–water partition coefficient (Wildman–Crippen LogP) is 7.15. The second-order valence-corrected chi connectivity index (χ2v) is 11.3. The Bertz CT molecular complexity index is 1130. The van der Waals surface area contributed by atoms with Gasteiger partial charge in [0.25, 0.3) is 0 Å². The molecular weight excluding hydrogens is 467 g/mol. The van der Waals surface area contributed by atoms with Gasteiger partial charge in [-0.25, -0.2) is 0 Å². The summed E-state index contributed by atoms with van der Waals surface area (Å²) in [4.78, 5) is 23.1. The average Bonchev–Trinajstić information content (AvgIpc) is 2.87. The van der Waals surface area contributed by atoms with Crippen LogP contribution < -0.4 is 5.32 Å². The molecule has 0 aliphatic heterocycles. The van der Waals surface area contributed by atoms with E-state index in [-0.39, 0.29) is 6.16 Å². The first-order valence-corrected chi connectivity index (χ1v) is 15.1. The molecule has 5 nitrogen and oxygen atoms in total. The monoisotopic (exact) mass is 508 g/mol. The summed E-state index contributed by atoms with van der Waals surface area (Å²) in [7, 11) is -3.94. The van der Waals surface area contributed by atoms with Gasteiger partial charge < -0.3 is 15.1 Å². The molecule has 3 N–H and O–H groups in total. The molecule has 0 aliphatic carbocycles. The fourth-order valence-electron chi connectivity index (χ4n) is 4.56. The first kappa shape index (κ1) is 28.3. The fourth-order valence-corrected chi connectivity index (χ4v) is 5.13. The molecule has 0 spiro atoms. The second kappa shape index (κ2) is 14.4. The zero-order valence-electron chi connectivity index (χ0n) is 21.7. The Labute approximate surface area is 216 Å². The summed E-state index contributed by atoms with van der Waals surface area (Å²) >= 11 is 0. The van der Waals surface area contributed by atoms with E-state index in [9.17, 15) is 4.57 Å². The Morgan fingerprint density at radius 3 is 2.33 bits per heavy atom. The van der Waals surface area contributed by atoms with Crippen molar-refractivity contribution in [3.8, 4) is 22.4 Å². The number of benzene rings is 2. The minimum atomic E-state index is -3.94. The molecule has 0 bridgehead atoms. The van der Waals surface area contributed by atoms with Gasteiger partial charge >= 0.3 is 7.60 Å². The van der Waals surface area contributed by atoms with Crippen LogP contribution in [-0.2, 0) is 24.0 Å². The number of pyridine rings is 1. The maximum absolute atomic E-state index is 11.1. The normalized spacial score (nSPS) is 11.7. The van der Waals surface area contributed by atoms with Gasteiger partial charge in [0.15, 0.2) is 0 Å². The molecule has 3 rings (SSSR count). The highest BCUT2D eigenvalue weighted by Crippen LogP contribution is 2.35. The smallest absolute Gasteiger partial charge is 0.324 e. The summed E-state index contributed by atoms with van der Waals surface area (Å²) in [5.74, 6) is 0. The van der Waals surface area contributed by atoms with Crippen LogP contribution in [0.5, 0.6) is 0 Å². The lowest BCUT2D eigenvalue weighted by Gasteiger charge is -2.15. The van der Waals surface area contributed by atoms with E-state index in [1.807, 2.05) is 18.2 Å². The average molecular weight is 509 g/mol. The number of hydrogen-bond donors (Lipinski definition) is 3. The summed E-state index contributed by atoms with van der Waals surface area (Å²) in [6.07, 6.45) is 8.79. The topological polar surface area (TPSA) is 82.5 Å². The molecule has 0 unspecified atom stereocenters. The van der Waals surface area contributed by atoms with Crippen LogP contribution in [-0.4, -0.2) is 27.5 Å². The van der Waals surface area contributed by atoms with Crippen molar-refractivity contribution in [2.24, 2.45) is 0 Å². The summed E-state index contributed by atoms with van der Waals surface area (Å²) in [6.45, 7) is 5.59. The first-order chi connectivity index (χ1) is 17.4. The molecule has 2 aromatic carbocycles. The van der Waals surface area contributed by atoms with Gasteiger partial charge in [0, 0.05) is 17.7 Å². The molecule has 1 heterocycles. The van der Waals surface area contributed by atoms with Crippen molar-refractivity contribution < 1.29 is 14.4 Å². The van der Waals surface area contributed by atoms with E-state index in [4.69, 9.17) is 14.8 Å². The van der Waals surface area contributed by atoms with E-state index >= 15 is 0 Å². The van der Waals surface area contributed by atoms with E-state index in [2.05, 4.69) is 61.6 Å². The minimum Gasteiger partial charge on any atom is -0.324 e. The molecule has 194 valence electrons. The molecule has 0 amide bonds. The van der Waals surface area contributed by atoms with Gasteiger partial charge in [0.1, 0.15) is 0 Å². The van der Waals surface area contributed by atoms with Crippen molar-refractivity contribution in [2.45, 2.75) is 71.8 Å². The number of nitrogens with one attached hydrogen (secondary N) is 1. The molecule has 0 aliphatic rings. The zero-order valence-corrected chi connectivity index (χ0v) is 22.6. The third-order valence-corrected chi connectivity index (χ3v) is 7.34. The van der Waals surface area contributed by atoms with Gasteiger partial charge in [-0.15, -0.1) is 0 Å². The summed E-state index contributed by atoms with van der Waals surface area (Å²) in [5, 5.41) is 3.27. The Morgan fingerprint density at radius 2 is 1.61 bits per heavy atom. The van der Waals surface area contributed by atoms with Crippen molar-refractivity contribution in [3.05, 3.63) is 77.5 Å². The van der Waals surface area contributed by atoms with Gasteiger partial charge in [-0.05, 0) is 55.0 Å². The molecule has 0 saturated heterocycles. The van der Waals surface area contributed by atoms with Crippen molar-refractivity contribution in [1.82, 2.24) is 10.3 Å². The summed E-state index contributed by atoms with van der Waals surface area (Å²) in [6, 6.07) is 21.4. The Kier molecular flexibility index (Phi) is 11.3. The van der Waals surface area contributed by atoms with E-state index in [0.29, 0.717) is 19.5 Å². The van der Waals surface area contributed by atoms with Crippen molar-refractivity contribution >= 4 is 7.60 Å². The molecule has 36 heavy (non-hydrogen) atoms. The summed E-state index contributed by atoms with van der Waals surface area (Å²) < 4.78 is 11.1. The lowest BCUT2D eigenvalue weighted by molar-refractivity contribution is 0.371. The van der Waals surface area contributed by atoms with Crippen LogP contribution in [0, 0.1) is 0 Å². The number of rotatable bonds is 15. The SMILES string of the molecule is CCCCCCc1ccc(-c2ccc(CNCCCP(=O)(O)O)nc2-c2ccccc2)cc1CCC. The van der Waals surface area contributed by atoms with Crippen LogP contribution in [0.3, 0.4) is 0 Å². The van der Waals surface area contributed by atoms with Gasteiger partial charge in [-0.1, -0.05) is 94.1 Å². The predicted molar refractivity (Wildman–Crippen MR) is 150 cm³/mol. The van der Waals surface area contributed by atoms with E-state index in [1.165, 1.54) is 42.4 Å². The highest BCUT2D eigenvalue weighted by atomic mass is 31.2. The number of nitrogens with zero attached hydrogens (tertiary/aromatic N) is 1. The number of hydrogen-bond acceptors (Lipinski definition) is 3. The van der Waals surface area contributed by atoms with Gasteiger partial charge in [-0.2, -0.15) is 0 Å². The number of aromatic nitrogens is 1. The molecule has 0 saturated carbocycles. The fraction of sp³-hybridized carbons (Fsp3) is 0.433. The van der Waals surface area contributed by atoms with Crippen LogP contribution in [0.15, 0.2) is 60.7 Å². The van der Waals surface area contributed by atoms with Crippen LogP contribution in [0.2, 0.25) is 0 Å². The van der Waals surface area contributed by atoms with Crippen molar-refractivity contribution in [1.29, 1.82) is 0 Å². The molecule has 6 heteroatoms. The molecule has 0 fully saturated rings. The quantitative estimate of drug-likeness (QED) is 0.150. The van der Waals surface area contributed by atoms with Crippen LogP contribution in [0.25, 0.3) is 22.4 Å². The lowest BCUT2D eigenvalue weighted by Crippen LogP contribution is -2.16. The third kappa shape index (κ3) is 8.97. The molecule has 0 radical (unpaired) electrons. The maximum Gasteiger partial charge on any atom is 0.325 e. The highest BCUT2D eigenvalue weighted by molar-refractivity contribution is 7.51. The van der Waals surface area contributed by atoms with E-state index in [1.54, 1.807) is 0 Å². The standard InChI is InChI=1S/C30H41N2O3P/c1-3-5-6-8-13-24-16-17-27(22-26(24)12-4-2)29-19-18-28(23-31-20-11-21-36(33,34)35)32-30(29)25-14-9-7-10-15-25/h7,9-10,14-19,22,31H,3-6,8,11-13,20-21,23H2,1-2H3,(H2,33,34,35). The lowest BCUT2D eigenvalue weighted by atomic mass is 9.92. The first-order valence-electron chi connectivity index (χ1n) is 13.3. The number of unbranched alkanes of at least 4 members (excludes halogenated alkanes) is 3. The third-order valence-electron chi connectivity index (χ3n) is 6.45. The van der Waals surface area contributed by atoms with Crippen molar-refractivity contribution in [2.75, 3.05) is 12.7 Å². The maximum atomic E-state index is 11.1. The van der Waals surface area contributed by atoms with Gasteiger partial charge in [-0.3, -0.25) is 9.55 Å². The minimum absolute atomic E-state index is 0.101. The van der Waals surface area contributed by atoms with Crippen molar-refractivity contribution in [3.63, 3.8) is 0 Å². The molecule has 0 atom stereocenters. The molecule has 3 aromatic rings. The molecular formula is C30H41N2O3P. The highest BCUT2D eigenvalue weighted by Gasteiger charge is 2.14. The Hall–Kier alpha value is -2.30.